The summed E-state index contributed by atoms with van der Waals surface area (Å²) in [5, 5.41) is 12.1. The van der Waals surface area contributed by atoms with E-state index >= 15 is 0 Å². The number of guanidine groups is 1. The number of methoxy groups -OCH3 is 1. The van der Waals surface area contributed by atoms with Crippen molar-refractivity contribution in [2.24, 2.45) is 23.9 Å². The van der Waals surface area contributed by atoms with E-state index in [4.69, 9.17) is 9.73 Å². The smallest absolute Gasteiger partial charge is 0.194 e. The molecular weight excluding hydrogens is 515 g/mol. The zero-order valence-electron chi connectivity index (χ0n) is 20.2. The number of benzene rings is 1. The Kier molecular flexibility index (Phi) is 10.7. The van der Waals surface area contributed by atoms with Crippen molar-refractivity contribution in [1.29, 1.82) is 0 Å². The molecule has 32 heavy (non-hydrogen) atoms. The minimum absolute atomic E-state index is 0. The molecule has 1 aliphatic heterocycles. The highest BCUT2D eigenvalue weighted by molar-refractivity contribution is 14.0. The molecule has 8 heteroatoms. The van der Waals surface area contributed by atoms with Crippen LogP contribution in [0.5, 0.6) is 5.75 Å². The van der Waals surface area contributed by atoms with Gasteiger partial charge in [0.15, 0.2) is 11.8 Å². The van der Waals surface area contributed by atoms with E-state index in [1.807, 2.05) is 30.7 Å². The topological polar surface area (TPSA) is 67.6 Å². The first-order valence-corrected chi connectivity index (χ1v) is 11.6. The first-order chi connectivity index (χ1) is 15.0. The van der Waals surface area contributed by atoms with Gasteiger partial charge in [-0.1, -0.05) is 38.8 Å². The first kappa shape index (κ1) is 26.4. The Morgan fingerprint density at radius 3 is 2.53 bits per heavy atom. The SMILES string of the molecule is CCC(CC)C1CCN(C(=NCc2nnc(C)n2C)NCCc2ccc(OC)cc2)C1.I. The molecule has 0 saturated carbocycles. The van der Waals surface area contributed by atoms with E-state index in [2.05, 4.69) is 46.4 Å². The summed E-state index contributed by atoms with van der Waals surface area (Å²) >= 11 is 0. The lowest BCUT2D eigenvalue weighted by atomic mass is 9.87. The maximum absolute atomic E-state index is 5.26. The van der Waals surface area contributed by atoms with Crippen molar-refractivity contribution < 1.29 is 4.74 Å². The van der Waals surface area contributed by atoms with Gasteiger partial charge in [0.05, 0.1) is 7.11 Å². The molecule has 1 N–H and O–H groups in total. The Labute approximate surface area is 210 Å². The molecule has 0 aliphatic carbocycles. The molecule has 1 aliphatic rings. The summed E-state index contributed by atoms with van der Waals surface area (Å²) in [4.78, 5) is 7.37. The molecule has 0 amide bonds. The van der Waals surface area contributed by atoms with Gasteiger partial charge in [-0.15, -0.1) is 34.2 Å². The van der Waals surface area contributed by atoms with Gasteiger partial charge in [0.1, 0.15) is 18.1 Å². The van der Waals surface area contributed by atoms with Crippen LogP contribution in [0.2, 0.25) is 0 Å². The number of nitrogens with zero attached hydrogens (tertiary/aromatic N) is 5. The van der Waals surface area contributed by atoms with Crippen molar-refractivity contribution in [1.82, 2.24) is 25.0 Å². The van der Waals surface area contributed by atoms with Crippen molar-refractivity contribution in [3.63, 3.8) is 0 Å². The number of aliphatic imine (C=N–C) groups is 1. The van der Waals surface area contributed by atoms with Crippen molar-refractivity contribution in [2.75, 3.05) is 26.7 Å². The first-order valence-electron chi connectivity index (χ1n) is 11.6. The van der Waals surface area contributed by atoms with Crippen LogP contribution in [0.1, 0.15) is 50.3 Å². The van der Waals surface area contributed by atoms with Crippen LogP contribution in [-0.2, 0) is 20.0 Å². The van der Waals surface area contributed by atoms with E-state index in [0.717, 1.165) is 61.2 Å². The number of hydrogen-bond acceptors (Lipinski definition) is 4. The molecule has 1 aromatic heterocycles. The molecule has 1 fully saturated rings. The Hall–Kier alpha value is -1.84. The second-order valence-corrected chi connectivity index (χ2v) is 8.46. The van der Waals surface area contributed by atoms with Crippen LogP contribution >= 0.6 is 24.0 Å². The molecule has 1 unspecified atom stereocenters. The second kappa shape index (κ2) is 13.0. The Bertz CT molecular complexity index is 847. The van der Waals surface area contributed by atoms with Crippen LogP contribution in [0.3, 0.4) is 0 Å². The van der Waals surface area contributed by atoms with Crippen molar-refractivity contribution in [2.45, 2.75) is 53.0 Å². The molecule has 1 atom stereocenters. The van der Waals surface area contributed by atoms with E-state index in [-0.39, 0.29) is 24.0 Å². The second-order valence-electron chi connectivity index (χ2n) is 8.46. The van der Waals surface area contributed by atoms with Gasteiger partial charge in [0, 0.05) is 26.7 Å². The van der Waals surface area contributed by atoms with E-state index in [1.165, 1.54) is 24.8 Å². The van der Waals surface area contributed by atoms with Crippen LogP contribution in [0.15, 0.2) is 29.3 Å². The molecule has 0 bridgehead atoms. The summed E-state index contributed by atoms with van der Waals surface area (Å²) in [7, 11) is 3.69. The Morgan fingerprint density at radius 1 is 1.22 bits per heavy atom. The number of aromatic nitrogens is 3. The van der Waals surface area contributed by atoms with Gasteiger partial charge in [-0.25, -0.2) is 4.99 Å². The fourth-order valence-electron chi connectivity index (χ4n) is 4.43. The molecule has 1 aromatic carbocycles. The third-order valence-electron chi connectivity index (χ3n) is 6.65. The molecule has 1 saturated heterocycles. The molecule has 2 heterocycles. The maximum Gasteiger partial charge on any atom is 0.194 e. The summed E-state index contributed by atoms with van der Waals surface area (Å²) in [6.07, 6.45) is 4.69. The Morgan fingerprint density at radius 2 is 1.94 bits per heavy atom. The zero-order valence-corrected chi connectivity index (χ0v) is 22.5. The molecule has 0 radical (unpaired) electrons. The molecule has 3 rings (SSSR count). The average Bonchev–Trinajstić information content (AvgIpc) is 3.40. The van der Waals surface area contributed by atoms with E-state index in [0.29, 0.717) is 6.54 Å². The number of hydrogen-bond donors (Lipinski definition) is 1. The molecule has 178 valence electrons. The number of ether oxygens (including phenoxy) is 1. The number of aryl methyl sites for hydroxylation is 1. The van der Waals surface area contributed by atoms with E-state index < -0.39 is 0 Å². The van der Waals surface area contributed by atoms with Crippen molar-refractivity contribution in [3.8, 4) is 5.75 Å². The monoisotopic (exact) mass is 554 g/mol. The molecule has 2 aromatic rings. The van der Waals surface area contributed by atoms with E-state index in [9.17, 15) is 0 Å². The van der Waals surface area contributed by atoms with Gasteiger partial charge in [-0.2, -0.15) is 0 Å². The lowest BCUT2D eigenvalue weighted by Crippen LogP contribution is -2.41. The predicted octanol–water partition coefficient (Wildman–Crippen LogP) is 4.20. The van der Waals surface area contributed by atoms with Crippen LogP contribution in [0, 0.1) is 18.8 Å². The van der Waals surface area contributed by atoms with Crippen LogP contribution in [-0.4, -0.2) is 52.4 Å². The third kappa shape index (κ3) is 6.83. The van der Waals surface area contributed by atoms with Gasteiger partial charge >= 0.3 is 0 Å². The number of rotatable bonds is 9. The highest BCUT2D eigenvalue weighted by Gasteiger charge is 2.29. The molecule has 7 nitrogen and oxygen atoms in total. The highest BCUT2D eigenvalue weighted by atomic mass is 127. The lowest BCUT2D eigenvalue weighted by molar-refractivity contribution is 0.319. The third-order valence-corrected chi connectivity index (χ3v) is 6.65. The summed E-state index contributed by atoms with van der Waals surface area (Å²) < 4.78 is 7.27. The standard InChI is InChI=1S/C24H38N6O.HI/c1-6-20(7-2)21-13-15-30(17-21)24(26-16-23-28-27-18(3)29(23)4)25-14-12-19-8-10-22(31-5)11-9-19;/h8-11,20-21H,6-7,12-17H2,1-5H3,(H,25,26);1H. The lowest BCUT2D eigenvalue weighted by Gasteiger charge is -2.24. The van der Waals surface area contributed by atoms with Gasteiger partial charge in [0.25, 0.3) is 0 Å². The summed E-state index contributed by atoms with van der Waals surface area (Å²) in [5.74, 6) is 5.23. The van der Waals surface area contributed by atoms with Crippen LogP contribution in [0.4, 0.5) is 0 Å². The summed E-state index contributed by atoms with van der Waals surface area (Å²) in [6, 6.07) is 8.28. The largest absolute Gasteiger partial charge is 0.497 e. The normalized spacial score (nSPS) is 16.4. The quantitative estimate of drug-likeness (QED) is 0.286. The van der Waals surface area contributed by atoms with Gasteiger partial charge < -0.3 is 19.5 Å². The Balaban J connectivity index is 0.00000363. The highest BCUT2D eigenvalue weighted by Crippen LogP contribution is 2.28. The summed E-state index contributed by atoms with van der Waals surface area (Å²) in [5.41, 5.74) is 1.29. The van der Waals surface area contributed by atoms with Crippen molar-refractivity contribution in [3.05, 3.63) is 41.5 Å². The predicted molar refractivity (Wildman–Crippen MR) is 141 cm³/mol. The minimum Gasteiger partial charge on any atom is -0.497 e. The fraction of sp³-hybridized carbons (Fsp3) is 0.625. The molecule has 0 spiro atoms. The number of nitrogens with one attached hydrogen (secondary N) is 1. The van der Waals surface area contributed by atoms with Crippen LogP contribution in [0.25, 0.3) is 0 Å². The number of halogens is 1. The average molecular weight is 555 g/mol. The zero-order chi connectivity index (χ0) is 22.2. The fourth-order valence-corrected chi connectivity index (χ4v) is 4.43. The van der Waals surface area contributed by atoms with E-state index in [1.54, 1.807) is 7.11 Å². The molecular formula is C24H39IN6O. The van der Waals surface area contributed by atoms with Crippen molar-refractivity contribution >= 4 is 29.9 Å². The summed E-state index contributed by atoms with van der Waals surface area (Å²) in [6.45, 7) is 10.1. The number of likely N-dealkylation sites (tertiary alicyclic amines) is 1. The van der Waals surface area contributed by atoms with Gasteiger partial charge in [-0.3, -0.25) is 0 Å². The van der Waals surface area contributed by atoms with Gasteiger partial charge in [-0.05, 0) is 49.3 Å². The van der Waals surface area contributed by atoms with Gasteiger partial charge in [0.2, 0.25) is 0 Å². The minimum atomic E-state index is 0. The van der Waals surface area contributed by atoms with Crippen LogP contribution < -0.4 is 10.1 Å². The maximum atomic E-state index is 5.26.